The number of amides is 1. The van der Waals surface area contributed by atoms with Crippen molar-refractivity contribution in [1.29, 1.82) is 0 Å². The number of ether oxygens (including phenoxy) is 1. The Morgan fingerprint density at radius 2 is 1.55 bits per heavy atom. The average Bonchev–Trinajstić information content (AvgIpc) is 2.93. The normalized spacial score (nSPS) is 28.7. The molecule has 0 aromatic rings. The molecule has 126 valence electrons. The van der Waals surface area contributed by atoms with Crippen molar-refractivity contribution in [3.63, 3.8) is 0 Å². The molecule has 3 aliphatic rings. The summed E-state index contributed by atoms with van der Waals surface area (Å²) >= 11 is 0. The molecule has 1 unspecified atom stereocenters. The number of likely N-dealkylation sites (tertiary alicyclic amines) is 2. The summed E-state index contributed by atoms with van der Waals surface area (Å²) in [5, 5.41) is 0. The molecule has 3 fully saturated rings. The van der Waals surface area contributed by atoms with E-state index in [4.69, 9.17) is 4.74 Å². The summed E-state index contributed by atoms with van der Waals surface area (Å²) in [5.74, 6) is 0.302. The number of nitrogens with zero attached hydrogens (tertiary/aromatic N) is 3. The lowest BCUT2D eigenvalue weighted by Crippen LogP contribution is -2.46. The molecule has 3 aliphatic heterocycles. The lowest BCUT2D eigenvalue weighted by Gasteiger charge is -2.32. The molecule has 0 spiro atoms. The Morgan fingerprint density at radius 1 is 0.864 bits per heavy atom. The third kappa shape index (κ3) is 4.67. The van der Waals surface area contributed by atoms with Gasteiger partial charge in [-0.2, -0.15) is 0 Å². The lowest BCUT2D eigenvalue weighted by atomic mass is 10.1. The average molecular weight is 309 g/mol. The van der Waals surface area contributed by atoms with E-state index >= 15 is 0 Å². The molecule has 1 atom stereocenters. The third-order valence-electron chi connectivity index (χ3n) is 5.17. The van der Waals surface area contributed by atoms with Crippen LogP contribution < -0.4 is 0 Å². The molecule has 0 N–H and O–H groups in total. The molecule has 3 heterocycles. The molecule has 0 radical (unpaired) electrons. The minimum atomic E-state index is 0.197. The molecule has 0 aromatic carbocycles. The highest BCUT2D eigenvalue weighted by Crippen LogP contribution is 2.14. The molecule has 3 rings (SSSR count). The lowest BCUT2D eigenvalue weighted by molar-refractivity contribution is -0.133. The Morgan fingerprint density at radius 3 is 2.32 bits per heavy atom. The second kappa shape index (κ2) is 8.27. The fraction of sp³-hybridized carbons (Fsp3) is 0.941. The van der Waals surface area contributed by atoms with E-state index in [1.165, 1.54) is 45.2 Å². The van der Waals surface area contributed by atoms with Gasteiger partial charge in [0.2, 0.25) is 5.91 Å². The second-order valence-corrected chi connectivity index (χ2v) is 7.03. The van der Waals surface area contributed by atoms with Gasteiger partial charge in [-0.25, -0.2) is 0 Å². The number of hydrogen-bond donors (Lipinski definition) is 0. The van der Waals surface area contributed by atoms with Crippen molar-refractivity contribution < 1.29 is 9.53 Å². The minimum Gasteiger partial charge on any atom is -0.375 e. The summed E-state index contributed by atoms with van der Waals surface area (Å²) in [6, 6.07) is 0. The topological polar surface area (TPSA) is 36.0 Å². The highest BCUT2D eigenvalue weighted by molar-refractivity contribution is 5.78. The first kappa shape index (κ1) is 16.2. The van der Waals surface area contributed by atoms with Crippen LogP contribution in [0.4, 0.5) is 0 Å². The van der Waals surface area contributed by atoms with Crippen LogP contribution in [0.15, 0.2) is 0 Å². The monoisotopic (exact) mass is 309 g/mol. The summed E-state index contributed by atoms with van der Waals surface area (Å²) in [4.78, 5) is 19.4. The van der Waals surface area contributed by atoms with Gasteiger partial charge in [0.05, 0.1) is 12.6 Å². The molecule has 0 aromatic heterocycles. The van der Waals surface area contributed by atoms with E-state index in [0.717, 1.165) is 45.8 Å². The van der Waals surface area contributed by atoms with Crippen LogP contribution in [0.5, 0.6) is 0 Å². The quantitative estimate of drug-likeness (QED) is 0.781. The van der Waals surface area contributed by atoms with Crippen molar-refractivity contribution >= 4 is 5.91 Å². The molecule has 5 heteroatoms. The Bertz CT molecular complexity index is 352. The van der Waals surface area contributed by atoms with Crippen molar-refractivity contribution in [1.82, 2.24) is 14.7 Å². The first-order chi connectivity index (χ1) is 10.8. The Balaban J connectivity index is 1.49. The van der Waals surface area contributed by atoms with E-state index in [1.54, 1.807) is 0 Å². The van der Waals surface area contributed by atoms with Crippen LogP contribution in [0, 0.1) is 0 Å². The minimum absolute atomic E-state index is 0.197. The number of carbonyl (C=O) groups excluding carboxylic acids is 1. The Labute approximate surface area is 134 Å². The predicted octanol–water partition coefficient (Wildman–Crippen LogP) is 1.19. The van der Waals surface area contributed by atoms with Gasteiger partial charge in [-0.3, -0.25) is 9.69 Å². The van der Waals surface area contributed by atoms with E-state index < -0.39 is 0 Å². The van der Waals surface area contributed by atoms with Gasteiger partial charge >= 0.3 is 0 Å². The molecular weight excluding hydrogens is 278 g/mol. The van der Waals surface area contributed by atoms with Gasteiger partial charge in [-0.1, -0.05) is 6.42 Å². The number of hydrogen-bond acceptors (Lipinski definition) is 4. The van der Waals surface area contributed by atoms with Gasteiger partial charge in [-0.05, 0) is 58.3 Å². The SMILES string of the molecule is O=C(CN1CCCC1)N1CCCOC(CN2CCCCC2)C1. The van der Waals surface area contributed by atoms with E-state index in [2.05, 4.69) is 14.7 Å². The molecular formula is C17H31N3O2. The maximum atomic E-state index is 12.6. The van der Waals surface area contributed by atoms with Crippen LogP contribution in [-0.4, -0.2) is 85.7 Å². The molecule has 1 amide bonds. The molecule has 0 bridgehead atoms. The Kier molecular flexibility index (Phi) is 6.10. The van der Waals surface area contributed by atoms with Gasteiger partial charge < -0.3 is 14.5 Å². The third-order valence-corrected chi connectivity index (χ3v) is 5.17. The maximum Gasteiger partial charge on any atom is 0.236 e. The largest absolute Gasteiger partial charge is 0.375 e. The number of piperidine rings is 1. The second-order valence-electron chi connectivity index (χ2n) is 7.03. The van der Waals surface area contributed by atoms with E-state index in [9.17, 15) is 4.79 Å². The first-order valence-corrected chi connectivity index (χ1v) is 9.15. The van der Waals surface area contributed by atoms with Crippen molar-refractivity contribution in [3.8, 4) is 0 Å². The zero-order valence-electron chi connectivity index (χ0n) is 13.8. The number of carbonyl (C=O) groups is 1. The smallest absolute Gasteiger partial charge is 0.236 e. The predicted molar refractivity (Wildman–Crippen MR) is 86.9 cm³/mol. The van der Waals surface area contributed by atoms with Crippen molar-refractivity contribution in [2.75, 3.05) is 59.0 Å². The summed E-state index contributed by atoms with van der Waals surface area (Å²) in [7, 11) is 0. The van der Waals surface area contributed by atoms with Crippen molar-refractivity contribution in [2.24, 2.45) is 0 Å². The van der Waals surface area contributed by atoms with Crippen LogP contribution >= 0.6 is 0 Å². The fourth-order valence-corrected chi connectivity index (χ4v) is 3.89. The standard InChI is InChI=1S/C17H31N3O2/c21-17(15-19-9-4-5-10-19)20-11-6-12-22-16(14-20)13-18-7-2-1-3-8-18/h16H,1-15H2. The van der Waals surface area contributed by atoms with Crippen molar-refractivity contribution in [3.05, 3.63) is 0 Å². The highest BCUT2D eigenvalue weighted by atomic mass is 16.5. The van der Waals surface area contributed by atoms with Gasteiger partial charge in [0.15, 0.2) is 0 Å². The van der Waals surface area contributed by atoms with E-state index in [1.807, 2.05) is 0 Å². The van der Waals surface area contributed by atoms with E-state index in [0.29, 0.717) is 12.5 Å². The zero-order chi connectivity index (χ0) is 15.2. The summed E-state index contributed by atoms with van der Waals surface area (Å²) in [6.45, 7) is 8.62. The summed E-state index contributed by atoms with van der Waals surface area (Å²) in [5.41, 5.74) is 0. The van der Waals surface area contributed by atoms with Gasteiger partial charge in [0.1, 0.15) is 0 Å². The van der Waals surface area contributed by atoms with E-state index in [-0.39, 0.29) is 6.10 Å². The Hall–Kier alpha value is -0.650. The van der Waals surface area contributed by atoms with Crippen LogP contribution in [-0.2, 0) is 9.53 Å². The molecule has 0 saturated carbocycles. The molecule has 5 nitrogen and oxygen atoms in total. The maximum absolute atomic E-state index is 12.6. The molecule has 22 heavy (non-hydrogen) atoms. The van der Waals surface area contributed by atoms with Crippen LogP contribution in [0.25, 0.3) is 0 Å². The zero-order valence-corrected chi connectivity index (χ0v) is 13.8. The highest BCUT2D eigenvalue weighted by Gasteiger charge is 2.26. The summed E-state index contributed by atoms with van der Waals surface area (Å²) in [6.07, 6.45) is 7.64. The molecule has 3 saturated heterocycles. The van der Waals surface area contributed by atoms with Crippen molar-refractivity contribution in [2.45, 2.75) is 44.6 Å². The molecule has 0 aliphatic carbocycles. The van der Waals surface area contributed by atoms with Crippen LogP contribution in [0.1, 0.15) is 38.5 Å². The summed E-state index contributed by atoms with van der Waals surface area (Å²) < 4.78 is 6.01. The van der Waals surface area contributed by atoms with Crippen LogP contribution in [0.3, 0.4) is 0 Å². The number of rotatable bonds is 4. The first-order valence-electron chi connectivity index (χ1n) is 9.15. The fourth-order valence-electron chi connectivity index (χ4n) is 3.89. The van der Waals surface area contributed by atoms with Gasteiger partial charge in [-0.15, -0.1) is 0 Å². The van der Waals surface area contributed by atoms with Gasteiger partial charge in [0.25, 0.3) is 0 Å². The van der Waals surface area contributed by atoms with Crippen LogP contribution in [0.2, 0.25) is 0 Å². The van der Waals surface area contributed by atoms with Gasteiger partial charge in [0, 0.05) is 26.2 Å².